The van der Waals surface area contributed by atoms with Crippen molar-refractivity contribution in [3.05, 3.63) is 75.1 Å². The Hall–Kier alpha value is -3.24. The fourth-order valence-corrected chi connectivity index (χ4v) is 4.26. The Morgan fingerprint density at radius 3 is 2.93 bits per heavy atom. The molecular weight excluding hydrogens is 409 g/mol. The Labute approximate surface area is 175 Å². The van der Waals surface area contributed by atoms with E-state index < -0.39 is 6.09 Å². The van der Waals surface area contributed by atoms with Crippen molar-refractivity contribution in [2.45, 2.75) is 26.6 Å². The van der Waals surface area contributed by atoms with Crippen molar-refractivity contribution in [1.29, 1.82) is 0 Å². The number of aromatic nitrogens is 3. The van der Waals surface area contributed by atoms with E-state index in [1.807, 2.05) is 37.3 Å². The Kier molecular flexibility index (Phi) is 5.51. The third kappa shape index (κ3) is 3.66. The van der Waals surface area contributed by atoms with E-state index in [1.54, 1.807) is 4.90 Å². The number of rotatable bonds is 6. The highest BCUT2D eigenvalue weighted by atomic mass is 32.1. The number of halogens is 1. The van der Waals surface area contributed by atoms with Crippen molar-refractivity contribution in [2.75, 3.05) is 11.4 Å². The van der Waals surface area contributed by atoms with Crippen molar-refractivity contribution in [2.24, 2.45) is 5.73 Å². The summed E-state index contributed by atoms with van der Waals surface area (Å²) in [5, 5.41) is 4.72. The zero-order valence-electron chi connectivity index (χ0n) is 16.2. The number of aryl methyl sites for hydroxylation is 1. The lowest BCUT2D eigenvalue weighted by Gasteiger charge is -2.28. The molecule has 3 aromatic rings. The van der Waals surface area contributed by atoms with Gasteiger partial charge in [0.25, 0.3) is 0 Å². The number of anilines is 2. The molecule has 0 saturated heterocycles. The fraction of sp³-hybridized carbons (Fsp3) is 0.250. The second-order valence-corrected chi connectivity index (χ2v) is 8.02. The van der Waals surface area contributed by atoms with Crippen LogP contribution in [0.4, 0.5) is 19.9 Å². The molecule has 0 spiro atoms. The summed E-state index contributed by atoms with van der Waals surface area (Å²) in [5.74, 6) is 0. The first-order valence-electron chi connectivity index (χ1n) is 9.26. The summed E-state index contributed by atoms with van der Waals surface area (Å²) in [5.41, 5.74) is 8.18. The SMILES string of the molecule is Cc1cccc2c1COC(=O)N2c1ccc(Cn2cnn(C/C(=C/F)CN)c2=O)s1. The van der Waals surface area contributed by atoms with Gasteiger partial charge >= 0.3 is 11.8 Å². The molecule has 2 aromatic heterocycles. The van der Waals surface area contributed by atoms with Gasteiger partial charge in [0, 0.05) is 17.0 Å². The van der Waals surface area contributed by atoms with Crippen molar-refractivity contribution < 1.29 is 13.9 Å². The van der Waals surface area contributed by atoms with Crippen LogP contribution in [0.2, 0.25) is 0 Å². The number of thiophene rings is 1. The summed E-state index contributed by atoms with van der Waals surface area (Å²) in [4.78, 5) is 27.4. The number of carbonyl (C=O) groups excluding carboxylic acids is 1. The van der Waals surface area contributed by atoms with Gasteiger partial charge in [0.2, 0.25) is 0 Å². The van der Waals surface area contributed by atoms with Gasteiger partial charge in [-0.2, -0.15) is 5.10 Å². The number of hydrogen-bond donors (Lipinski definition) is 1. The first-order valence-corrected chi connectivity index (χ1v) is 10.1. The molecule has 2 N–H and O–H groups in total. The normalized spacial score (nSPS) is 14.0. The predicted octanol–water partition coefficient (Wildman–Crippen LogP) is 3.06. The molecule has 0 atom stereocenters. The summed E-state index contributed by atoms with van der Waals surface area (Å²) in [6, 6.07) is 9.46. The van der Waals surface area contributed by atoms with Crippen LogP contribution in [0.3, 0.4) is 0 Å². The number of hydrogen-bond acceptors (Lipinski definition) is 6. The smallest absolute Gasteiger partial charge is 0.419 e. The van der Waals surface area contributed by atoms with Gasteiger partial charge in [-0.15, -0.1) is 11.3 Å². The summed E-state index contributed by atoms with van der Waals surface area (Å²) >= 11 is 1.39. The highest BCUT2D eigenvalue weighted by Gasteiger charge is 2.29. The van der Waals surface area contributed by atoms with Crippen LogP contribution in [0, 0.1) is 6.92 Å². The Bertz CT molecular complexity index is 1180. The zero-order chi connectivity index (χ0) is 21.3. The first-order chi connectivity index (χ1) is 14.5. The van der Waals surface area contributed by atoms with Crippen molar-refractivity contribution in [3.8, 4) is 0 Å². The van der Waals surface area contributed by atoms with Crippen LogP contribution >= 0.6 is 11.3 Å². The lowest BCUT2D eigenvalue weighted by atomic mass is 10.1. The van der Waals surface area contributed by atoms with E-state index in [1.165, 1.54) is 22.2 Å². The summed E-state index contributed by atoms with van der Waals surface area (Å²) in [6.07, 6.45) is 1.37. The summed E-state index contributed by atoms with van der Waals surface area (Å²) in [7, 11) is 0. The van der Waals surface area contributed by atoms with Gasteiger partial charge in [0.05, 0.1) is 25.1 Å². The molecule has 30 heavy (non-hydrogen) atoms. The minimum Gasteiger partial charge on any atom is -0.444 e. The molecule has 4 rings (SSSR count). The molecule has 1 aromatic carbocycles. The number of fused-ring (bicyclic) bond motifs is 1. The van der Waals surface area contributed by atoms with Crippen LogP contribution in [0.1, 0.15) is 16.0 Å². The van der Waals surface area contributed by atoms with Gasteiger partial charge in [0.1, 0.15) is 17.9 Å². The maximum Gasteiger partial charge on any atom is 0.419 e. The van der Waals surface area contributed by atoms with Gasteiger partial charge < -0.3 is 10.5 Å². The summed E-state index contributed by atoms with van der Waals surface area (Å²) in [6.45, 7) is 2.53. The molecule has 1 aliphatic rings. The quantitative estimate of drug-likeness (QED) is 0.650. The average Bonchev–Trinajstić information content (AvgIpc) is 3.34. The van der Waals surface area contributed by atoms with Crippen LogP contribution < -0.4 is 16.3 Å². The van der Waals surface area contributed by atoms with E-state index in [0.717, 1.165) is 26.4 Å². The van der Waals surface area contributed by atoms with E-state index in [4.69, 9.17) is 10.5 Å². The van der Waals surface area contributed by atoms with Gasteiger partial charge in [-0.25, -0.2) is 23.6 Å². The van der Waals surface area contributed by atoms with Crippen LogP contribution in [0.25, 0.3) is 0 Å². The maximum atomic E-state index is 12.7. The molecular formula is C20H20FN5O3S. The first kappa shape index (κ1) is 20.0. The molecule has 0 saturated carbocycles. The number of nitrogens with two attached hydrogens (primary N) is 1. The van der Waals surface area contributed by atoms with Crippen molar-refractivity contribution >= 4 is 28.1 Å². The molecule has 1 amide bonds. The molecule has 0 bridgehead atoms. The fourth-order valence-electron chi connectivity index (χ4n) is 3.25. The third-order valence-corrected chi connectivity index (χ3v) is 5.96. The molecule has 8 nitrogen and oxygen atoms in total. The van der Waals surface area contributed by atoms with Crippen LogP contribution in [-0.2, 0) is 24.4 Å². The lowest BCUT2D eigenvalue weighted by Crippen LogP contribution is -2.31. The minimum atomic E-state index is -0.432. The number of benzene rings is 1. The molecule has 156 valence electrons. The highest BCUT2D eigenvalue weighted by molar-refractivity contribution is 7.16. The van der Waals surface area contributed by atoms with E-state index >= 15 is 0 Å². The molecule has 3 heterocycles. The monoisotopic (exact) mass is 429 g/mol. The van der Waals surface area contributed by atoms with Crippen molar-refractivity contribution in [3.63, 3.8) is 0 Å². The molecule has 0 fully saturated rings. The van der Waals surface area contributed by atoms with E-state index in [2.05, 4.69) is 5.10 Å². The lowest BCUT2D eigenvalue weighted by molar-refractivity contribution is 0.145. The largest absolute Gasteiger partial charge is 0.444 e. The third-order valence-electron chi connectivity index (χ3n) is 4.91. The van der Waals surface area contributed by atoms with E-state index in [9.17, 15) is 14.0 Å². The standard InChI is InChI=1S/C20H20FN5O3S/c1-13-3-2-4-17-16(13)11-29-20(28)26(17)18-6-5-15(30-18)10-24-12-23-25(19(24)27)9-14(7-21)8-22/h2-7,12H,8-11,22H2,1H3/b14-7+. The number of amides is 1. The van der Waals surface area contributed by atoms with Gasteiger partial charge in [-0.3, -0.25) is 4.57 Å². The van der Waals surface area contributed by atoms with Gasteiger partial charge in [-0.1, -0.05) is 12.1 Å². The molecule has 0 aliphatic carbocycles. The Balaban J connectivity index is 1.58. The minimum absolute atomic E-state index is 0.00424. The second-order valence-electron chi connectivity index (χ2n) is 6.87. The number of nitrogens with zero attached hydrogens (tertiary/aromatic N) is 4. The second kappa shape index (κ2) is 8.25. The van der Waals surface area contributed by atoms with Crippen LogP contribution in [0.5, 0.6) is 0 Å². The zero-order valence-corrected chi connectivity index (χ0v) is 17.1. The maximum absolute atomic E-state index is 12.7. The average molecular weight is 429 g/mol. The molecule has 0 unspecified atom stereocenters. The van der Waals surface area contributed by atoms with Crippen molar-refractivity contribution in [1.82, 2.24) is 14.3 Å². The predicted molar refractivity (Wildman–Crippen MR) is 112 cm³/mol. The Morgan fingerprint density at radius 2 is 2.17 bits per heavy atom. The van der Waals surface area contributed by atoms with Crippen LogP contribution in [0.15, 0.2) is 53.4 Å². The van der Waals surface area contributed by atoms with Gasteiger partial charge in [-0.05, 0) is 36.3 Å². The van der Waals surface area contributed by atoms with E-state index in [0.29, 0.717) is 11.3 Å². The molecule has 1 aliphatic heterocycles. The summed E-state index contributed by atoms with van der Waals surface area (Å²) < 4.78 is 20.7. The molecule has 0 radical (unpaired) electrons. The number of carbonyl (C=O) groups is 1. The molecule has 10 heteroatoms. The van der Waals surface area contributed by atoms with Gasteiger partial charge in [0.15, 0.2) is 0 Å². The van der Waals surface area contributed by atoms with Crippen LogP contribution in [-0.4, -0.2) is 27.0 Å². The number of cyclic esters (lactones) is 1. The van der Waals surface area contributed by atoms with E-state index in [-0.39, 0.29) is 37.5 Å². The highest BCUT2D eigenvalue weighted by Crippen LogP contribution is 2.38. The topological polar surface area (TPSA) is 95.4 Å². The number of ether oxygens (including phenoxy) is 1. The Morgan fingerprint density at radius 1 is 1.33 bits per heavy atom.